The molecule has 0 amide bonds. The molecule has 6 heteroatoms. The van der Waals surface area contributed by atoms with Crippen molar-refractivity contribution in [1.82, 2.24) is 0 Å². The van der Waals surface area contributed by atoms with Crippen molar-refractivity contribution in [1.29, 1.82) is 0 Å². The minimum absolute atomic E-state index is 0.0927. The van der Waals surface area contributed by atoms with Crippen molar-refractivity contribution >= 4 is 17.9 Å². The van der Waals surface area contributed by atoms with Gasteiger partial charge in [0.05, 0.1) is 0 Å². The molecule has 0 N–H and O–H groups in total. The molecule has 0 fully saturated rings. The molecule has 416 valence electrons. The summed E-state index contributed by atoms with van der Waals surface area (Å²) in [5.41, 5.74) is 0. The highest BCUT2D eigenvalue weighted by atomic mass is 16.6. The van der Waals surface area contributed by atoms with Crippen LogP contribution >= 0.6 is 0 Å². The zero-order valence-electron chi connectivity index (χ0n) is 47.6. The van der Waals surface area contributed by atoms with Gasteiger partial charge in [-0.3, -0.25) is 14.4 Å². The summed E-state index contributed by atoms with van der Waals surface area (Å²) in [7, 11) is 0. The van der Waals surface area contributed by atoms with E-state index < -0.39 is 6.10 Å². The van der Waals surface area contributed by atoms with Gasteiger partial charge in [0.2, 0.25) is 0 Å². The first-order valence-corrected chi connectivity index (χ1v) is 30.4. The average molecular weight is 1010 g/mol. The standard InChI is InChI=1S/C67H112O6/c1-4-7-10-13-16-19-22-24-26-28-30-31-32-33-34-35-36-37-38-40-41-43-45-48-51-54-57-60-66(69)72-63-64(62-71-65(68)59-56-53-50-47-21-18-15-12-9-6-3)73-67(70)61-58-55-52-49-46-44-42-39-29-27-25-23-20-17-14-11-8-5-2/h7,10,16,19,24,26-27,29-31,33-34,36-37,40-41,45,48,64H,4-6,8-9,11-15,17-18,20-23,25,28,32,35,38-39,42-44,46-47,49-63H2,1-3H3/b10-7-,19-16-,26-24-,29-27-,31-30-,34-33-,37-36-,41-40-,48-45-. The molecule has 0 saturated carbocycles. The van der Waals surface area contributed by atoms with Crippen LogP contribution in [0.2, 0.25) is 0 Å². The molecule has 0 aromatic heterocycles. The van der Waals surface area contributed by atoms with Gasteiger partial charge in [0.1, 0.15) is 13.2 Å². The van der Waals surface area contributed by atoms with E-state index in [1.165, 1.54) is 128 Å². The van der Waals surface area contributed by atoms with Crippen molar-refractivity contribution in [3.8, 4) is 0 Å². The predicted octanol–water partition coefficient (Wildman–Crippen LogP) is 20.7. The SMILES string of the molecule is CC/C=C\C/C=C\C/C=C\C/C=C\C/C=C\C/C=C\C/C=C\C/C=C\CCCCC(=O)OCC(COC(=O)CCCCCCCCCCCC)OC(=O)CCCCCCCCC/C=C\CCCCCCCCC. The van der Waals surface area contributed by atoms with Crippen LogP contribution in [-0.2, 0) is 28.6 Å². The second kappa shape index (κ2) is 60.6. The Balaban J connectivity index is 4.38. The molecule has 1 unspecified atom stereocenters. The molecule has 1 atom stereocenters. The van der Waals surface area contributed by atoms with Gasteiger partial charge in [0.15, 0.2) is 6.10 Å². The van der Waals surface area contributed by atoms with E-state index in [4.69, 9.17) is 14.2 Å². The summed E-state index contributed by atoms with van der Waals surface area (Å²) in [5, 5.41) is 0. The van der Waals surface area contributed by atoms with E-state index >= 15 is 0 Å². The third-order valence-electron chi connectivity index (χ3n) is 12.8. The summed E-state index contributed by atoms with van der Waals surface area (Å²) in [4.78, 5) is 38.1. The molecular formula is C67H112O6. The molecule has 0 rings (SSSR count). The van der Waals surface area contributed by atoms with E-state index in [9.17, 15) is 14.4 Å². The lowest BCUT2D eigenvalue weighted by atomic mass is 10.1. The van der Waals surface area contributed by atoms with Crippen LogP contribution in [0.15, 0.2) is 109 Å². The summed E-state index contributed by atoms with van der Waals surface area (Å²) < 4.78 is 16.8. The molecule has 0 aliphatic carbocycles. The Morgan fingerprint density at radius 1 is 0.288 bits per heavy atom. The number of allylic oxidation sites excluding steroid dienone is 18. The lowest BCUT2D eigenvalue weighted by Gasteiger charge is -2.18. The van der Waals surface area contributed by atoms with Crippen LogP contribution in [0.25, 0.3) is 0 Å². The summed E-state index contributed by atoms with van der Waals surface area (Å²) in [6.07, 6.45) is 82.3. The third kappa shape index (κ3) is 58.8. The first-order chi connectivity index (χ1) is 36.0. The first-order valence-electron chi connectivity index (χ1n) is 30.4. The van der Waals surface area contributed by atoms with Crippen molar-refractivity contribution in [2.24, 2.45) is 0 Å². The predicted molar refractivity (Wildman–Crippen MR) is 316 cm³/mol. The van der Waals surface area contributed by atoms with E-state index in [2.05, 4.69) is 130 Å². The number of carbonyl (C=O) groups excluding carboxylic acids is 3. The summed E-state index contributed by atoms with van der Waals surface area (Å²) >= 11 is 0. The maximum Gasteiger partial charge on any atom is 0.306 e. The zero-order valence-corrected chi connectivity index (χ0v) is 47.6. The number of unbranched alkanes of at least 4 members (excludes halogenated alkanes) is 25. The largest absolute Gasteiger partial charge is 0.462 e. The van der Waals surface area contributed by atoms with Crippen LogP contribution in [0.3, 0.4) is 0 Å². The molecule has 0 saturated heterocycles. The van der Waals surface area contributed by atoms with Crippen LogP contribution in [0.4, 0.5) is 0 Å². The van der Waals surface area contributed by atoms with E-state index in [-0.39, 0.29) is 31.1 Å². The fourth-order valence-electron chi connectivity index (χ4n) is 8.22. The molecule has 0 aliphatic heterocycles. The number of ether oxygens (including phenoxy) is 3. The smallest absolute Gasteiger partial charge is 0.306 e. The number of hydrogen-bond acceptors (Lipinski definition) is 6. The van der Waals surface area contributed by atoms with E-state index in [1.807, 2.05) is 0 Å². The van der Waals surface area contributed by atoms with Crippen LogP contribution in [-0.4, -0.2) is 37.2 Å². The number of carbonyl (C=O) groups is 3. The van der Waals surface area contributed by atoms with Gasteiger partial charge < -0.3 is 14.2 Å². The topological polar surface area (TPSA) is 78.9 Å². The highest BCUT2D eigenvalue weighted by Gasteiger charge is 2.19. The van der Waals surface area contributed by atoms with Crippen LogP contribution < -0.4 is 0 Å². The molecule has 0 aliphatic rings. The zero-order chi connectivity index (χ0) is 52.9. The normalized spacial score (nSPS) is 12.9. The minimum Gasteiger partial charge on any atom is -0.462 e. The number of rotatable bonds is 54. The second-order valence-corrected chi connectivity index (χ2v) is 19.9. The fourth-order valence-corrected chi connectivity index (χ4v) is 8.22. The van der Waals surface area contributed by atoms with Crippen LogP contribution in [0, 0.1) is 0 Å². The van der Waals surface area contributed by atoms with Gasteiger partial charge in [-0.05, 0) is 109 Å². The second-order valence-electron chi connectivity index (χ2n) is 19.9. The molecule has 73 heavy (non-hydrogen) atoms. The Bertz CT molecular complexity index is 1490. The van der Waals surface area contributed by atoms with Gasteiger partial charge >= 0.3 is 17.9 Å². The van der Waals surface area contributed by atoms with Gasteiger partial charge in [-0.1, -0.05) is 259 Å². The molecule has 0 spiro atoms. The summed E-state index contributed by atoms with van der Waals surface area (Å²) in [5.74, 6) is -0.941. The Kier molecular flexibility index (Phi) is 57.4. The first kappa shape index (κ1) is 69.1. The van der Waals surface area contributed by atoms with Gasteiger partial charge in [0, 0.05) is 19.3 Å². The van der Waals surface area contributed by atoms with Crippen LogP contribution in [0.5, 0.6) is 0 Å². The Labute approximate surface area is 450 Å². The highest BCUT2D eigenvalue weighted by Crippen LogP contribution is 2.15. The van der Waals surface area contributed by atoms with Gasteiger partial charge in [-0.25, -0.2) is 0 Å². The van der Waals surface area contributed by atoms with Crippen molar-refractivity contribution in [2.75, 3.05) is 13.2 Å². The molecule has 6 nitrogen and oxygen atoms in total. The quantitative estimate of drug-likeness (QED) is 0.0261. The molecule has 0 heterocycles. The van der Waals surface area contributed by atoms with Gasteiger partial charge in [-0.2, -0.15) is 0 Å². The Morgan fingerprint density at radius 2 is 0.534 bits per heavy atom. The maximum atomic E-state index is 12.9. The summed E-state index contributed by atoms with van der Waals surface area (Å²) in [6, 6.07) is 0. The summed E-state index contributed by atoms with van der Waals surface area (Å²) in [6.45, 7) is 6.48. The maximum absolute atomic E-state index is 12.9. The van der Waals surface area contributed by atoms with Crippen molar-refractivity contribution in [3.05, 3.63) is 109 Å². The average Bonchev–Trinajstić information content (AvgIpc) is 3.39. The van der Waals surface area contributed by atoms with Crippen molar-refractivity contribution in [3.63, 3.8) is 0 Å². The Hall–Kier alpha value is -3.93. The molecule has 0 aromatic rings. The minimum atomic E-state index is -0.798. The molecular weight excluding hydrogens is 901 g/mol. The van der Waals surface area contributed by atoms with Crippen LogP contribution in [0.1, 0.15) is 278 Å². The highest BCUT2D eigenvalue weighted by molar-refractivity contribution is 5.71. The molecule has 0 bridgehead atoms. The Morgan fingerprint density at radius 3 is 0.877 bits per heavy atom. The number of esters is 3. The van der Waals surface area contributed by atoms with E-state index in [0.29, 0.717) is 19.3 Å². The monoisotopic (exact) mass is 1010 g/mol. The molecule has 0 aromatic carbocycles. The third-order valence-corrected chi connectivity index (χ3v) is 12.8. The lowest BCUT2D eigenvalue weighted by molar-refractivity contribution is -0.167. The van der Waals surface area contributed by atoms with Gasteiger partial charge in [0.25, 0.3) is 0 Å². The van der Waals surface area contributed by atoms with Crippen molar-refractivity contribution < 1.29 is 28.6 Å². The van der Waals surface area contributed by atoms with E-state index in [0.717, 1.165) is 109 Å². The fraction of sp³-hybridized carbons (Fsp3) is 0.687. The van der Waals surface area contributed by atoms with E-state index in [1.54, 1.807) is 0 Å². The molecule has 0 radical (unpaired) electrons. The van der Waals surface area contributed by atoms with Gasteiger partial charge in [-0.15, -0.1) is 0 Å². The van der Waals surface area contributed by atoms with Crippen molar-refractivity contribution in [2.45, 2.75) is 284 Å². The lowest BCUT2D eigenvalue weighted by Crippen LogP contribution is -2.30. The number of hydrogen-bond donors (Lipinski definition) is 0.